The minimum absolute atomic E-state index is 0.305. The summed E-state index contributed by atoms with van der Waals surface area (Å²) in [5.41, 5.74) is 6.69. The number of nitrogens with zero attached hydrogens (tertiary/aromatic N) is 2. The van der Waals surface area contributed by atoms with Crippen LogP contribution in [0.15, 0.2) is 23.2 Å². The van der Waals surface area contributed by atoms with Crippen molar-refractivity contribution in [3.63, 3.8) is 0 Å². The van der Waals surface area contributed by atoms with Crippen molar-refractivity contribution in [2.45, 2.75) is 32.7 Å². The van der Waals surface area contributed by atoms with Crippen LogP contribution in [0.25, 0.3) is 0 Å². The standard InChI is InChI=1S/C18H28FN5O/c1-3-24-10-4-5-15(24)12-23-18(20)22-9-8-21-17(25)14-7-6-13(2)16(19)11-14/h6-7,11,15H,3-5,8-10,12H2,1-2H3,(H,21,25)(H3,20,22,23). The quantitative estimate of drug-likeness (QED) is 0.393. The molecular weight excluding hydrogens is 321 g/mol. The van der Waals surface area contributed by atoms with Crippen LogP contribution in [0.3, 0.4) is 0 Å². The number of benzene rings is 1. The van der Waals surface area contributed by atoms with Gasteiger partial charge in [-0.1, -0.05) is 13.0 Å². The van der Waals surface area contributed by atoms with E-state index < -0.39 is 0 Å². The topological polar surface area (TPSA) is 82.8 Å². The van der Waals surface area contributed by atoms with Crippen LogP contribution in [0, 0.1) is 12.7 Å². The highest BCUT2D eigenvalue weighted by atomic mass is 19.1. The van der Waals surface area contributed by atoms with Crippen LogP contribution in [0.4, 0.5) is 4.39 Å². The lowest BCUT2D eigenvalue weighted by Crippen LogP contribution is -2.39. The number of likely N-dealkylation sites (tertiary alicyclic amines) is 1. The van der Waals surface area contributed by atoms with E-state index in [0.717, 1.165) is 19.5 Å². The van der Waals surface area contributed by atoms with Gasteiger partial charge in [-0.15, -0.1) is 0 Å². The number of likely N-dealkylation sites (N-methyl/N-ethyl adjacent to an activating group) is 1. The fraction of sp³-hybridized carbons (Fsp3) is 0.556. The Kier molecular flexibility index (Phi) is 7.18. The maximum Gasteiger partial charge on any atom is 0.251 e. The van der Waals surface area contributed by atoms with Gasteiger partial charge in [0, 0.05) is 24.7 Å². The molecular formula is C18H28FN5O. The number of hydrogen-bond acceptors (Lipinski definition) is 3. The summed E-state index contributed by atoms with van der Waals surface area (Å²) in [6.07, 6.45) is 2.38. The number of nitrogens with one attached hydrogen (secondary N) is 2. The highest BCUT2D eigenvalue weighted by Crippen LogP contribution is 2.16. The van der Waals surface area contributed by atoms with Crippen LogP contribution < -0.4 is 16.4 Å². The number of carbonyl (C=O) groups excluding carboxylic acids is 1. The molecule has 0 spiro atoms. The summed E-state index contributed by atoms with van der Waals surface area (Å²) in [5, 5.41) is 5.71. The average Bonchev–Trinajstić information content (AvgIpc) is 3.06. The summed E-state index contributed by atoms with van der Waals surface area (Å²) < 4.78 is 13.5. The van der Waals surface area contributed by atoms with Crippen molar-refractivity contribution in [1.29, 1.82) is 0 Å². The van der Waals surface area contributed by atoms with Crippen LogP contribution >= 0.6 is 0 Å². The second-order valence-electron chi connectivity index (χ2n) is 6.30. The van der Waals surface area contributed by atoms with Gasteiger partial charge in [0.1, 0.15) is 5.82 Å². The van der Waals surface area contributed by atoms with E-state index in [4.69, 9.17) is 5.73 Å². The van der Waals surface area contributed by atoms with E-state index in [1.165, 1.54) is 12.5 Å². The van der Waals surface area contributed by atoms with E-state index in [9.17, 15) is 9.18 Å². The Bertz CT molecular complexity index is 619. The molecule has 1 aliphatic heterocycles. The molecule has 4 N–H and O–H groups in total. The zero-order chi connectivity index (χ0) is 18.2. The lowest BCUT2D eigenvalue weighted by molar-refractivity contribution is 0.0954. The van der Waals surface area contributed by atoms with E-state index >= 15 is 0 Å². The molecule has 0 saturated carbocycles. The van der Waals surface area contributed by atoms with Crippen molar-refractivity contribution < 1.29 is 9.18 Å². The lowest BCUT2D eigenvalue weighted by Gasteiger charge is -2.20. The first-order valence-electron chi connectivity index (χ1n) is 8.83. The predicted molar refractivity (Wildman–Crippen MR) is 98.2 cm³/mol. The van der Waals surface area contributed by atoms with E-state index in [1.807, 2.05) is 0 Å². The van der Waals surface area contributed by atoms with Gasteiger partial charge in [0.15, 0.2) is 5.96 Å². The third-order valence-electron chi connectivity index (χ3n) is 4.53. The monoisotopic (exact) mass is 349 g/mol. The largest absolute Gasteiger partial charge is 0.370 e. The van der Waals surface area contributed by atoms with Gasteiger partial charge in [-0.2, -0.15) is 0 Å². The van der Waals surface area contributed by atoms with E-state index in [0.29, 0.717) is 42.8 Å². The van der Waals surface area contributed by atoms with Gasteiger partial charge in [0.2, 0.25) is 0 Å². The Labute approximate surface area is 148 Å². The highest BCUT2D eigenvalue weighted by Gasteiger charge is 2.22. The summed E-state index contributed by atoms with van der Waals surface area (Å²) in [5.74, 6) is -0.297. The number of aliphatic imine (C=N–C) groups is 1. The summed E-state index contributed by atoms with van der Waals surface area (Å²) in [4.78, 5) is 18.7. The molecule has 1 saturated heterocycles. The zero-order valence-electron chi connectivity index (χ0n) is 15.0. The fourth-order valence-electron chi connectivity index (χ4n) is 2.98. The second-order valence-corrected chi connectivity index (χ2v) is 6.30. The molecule has 1 amide bonds. The first-order chi connectivity index (χ1) is 12.0. The van der Waals surface area contributed by atoms with Crippen LogP contribution in [0.1, 0.15) is 35.7 Å². The predicted octanol–water partition coefficient (Wildman–Crippen LogP) is 1.25. The zero-order valence-corrected chi connectivity index (χ0v) is 15.0. The third kappa shape index (κ3) is 5.70. The van der Waals surface area contributed by atoms with Crippen LogP contribution in [0.2, 0.25) is 0 Å². The Hall–Kier alpha value is -2.15. The first-order valence-corrected chi connectivity index (χ1v) is 8.83. The van der Waals surface area contributed by atoms with E-state index in [2.05, 4.69) is 27.4 Å². The van der Waals surface area contributed by atoms with Gasteiger partial charge in [-0.25, -0.2) is 4.39 Å². The fourth-order valence-corrected chi connectivity index (χ4v) is 2.98. The smallest absolute Gasteiger partial charge is 0.251 e. The minimum Gasteiger partial charge on any atom is -0.370 e. The van der Waals surface area contributed by atoms with E-state index in [1.54, 1.807) is 19.1 Å². The number of nitrogens with two attached hydrogens (primary N) is 1. The highest BCUT2D eigenvalue weighted by molar-refractivity contribution is 5.94. The lowest BCUT2D eigenvalue weighted by atomic mass is 10.1. The minimum atomic E-state index is -0.379. The number of amides is 1. The van der Waals surface area contributed by atoms with Crippen LogP contribution in [-0.2, 0) is 0 Å². The Morgan fingerprint density at radius 1 is 1.40 bits per heavy atom. The molecule has 0 aromatic heterocycles. The summed E-state index contributed by atoms with van der Waals surface area (Å²) >= 11 is 0. The molecule has 1 heterocycles. The SMILES string of the molecule is CCN1CCCC1CN=C(N)NCCNC(=O)c1ccc(C)c(F)c1. The number of carbonyl (C=O) groups is 1. The Morgan fingerprint density at radius 3 is 2.88 bits per heavy atom. The van der Waals surface area contributed by atoms with Crippen molar-refractivity contribution >= 4 is 11.9 Å². The van der Waals surface area contributed by atoms with Gasteiger partial charge >= 0.3 is 0 Å². The van der Waals surface area contributed by atoms with Crippen LogP contribution in [0.5, 0.6) is 0 Å². The normalized spacial score (nSPS) is 18.4. The summed E-state index contributed by atoms with van der Waals surface area (Å²) in [7, 11) is 0. The molecule has 25 heavy (non-hydrogen) atoms. The molecule has 1 aliphatic rings. The Morgan fingerprint density at radius 2 is 2.16 bits per heavy atom. The van der Waals surface area contributed by atoms with Crippen molar-refractivity contribution in [1.82, 2.24) is 15.5 Å². The van der Waals surface area contributed by atoms with Gasteiger partial charge in [-0.3, -0.25) is 14.7 Å². The van der Waals surface area contributed by atoms with Gasteiger partial charge in [0.05, 0.1) is 6.54 Å². The van der Waals surface area contributed by atoms with Crippen molar-refractivity contribution in [2.24, 2.45) is 10.7 Å². The Balaban J connectivity index is 1.68. The number of halogens is 1. The molecule has 0 aliphatic carbocycles. The molecule has 1 aromatic carbocycles. The molecule has 1 atom stereocenters. The number of aryl methyl sites for hydroxylation is 1. The molecule has 2 rings (SSSR count). The maximum absolute atomic E-state index is 13.5. The maximum atomic E-state index is 13.5. The summed E-state index contributed by atoms with van der Waals surface area (Å²) in [6, 6.07) is 4.92. The van der Waals surface area contributed by atoms with Gasteiger partial charge < -0.3 is 16.4 Å². The van der Waals surface area contributed by atoms with Crippen molar-refractivity contribution in [2.75, 3.05) is 32.7 Å². The third-order valence-corrected chi connectivity index (χ3v) is 4.53. The molecule has 1 aromatic rings. The number of hydrogen-bond donors (Lipinski definition) is 3. The molecule has 6 nitrogen and oxygen atoms in total. The summed E-state index contributed by atoms with van der Waals surface area (Å²) in [6.45, 7) is 7.55. The molecule has 1 unspecified atom stereocenters. The molecule has 0 bridgehead atoms. The number of guanidine groups is 1. The van der Waals surface area contributed by atoms with Crippen molar-refractivity contribution in [3.8, 4) is 0 Å². The number of rotatable bonds is 7. The first kappa shape index (κ1) is 19.2. The van der Waals surface area contributed by atoms with Crippen LogP contribution in [-0.4, -0.2) is 55.5 Å². The van der Waals surface area contributed by atoms with Gasteiger partial charge in [0.25, 0.3) is 5.91 Å². The van der Waals surface area contributed by atoms with E-state index in [-0.39, 0.29) is 11.7 Å². The molecule has 138 valence electrons. The molecule has 1 fully saturated rings. The molecule has 0 radical (unpaired) electrons. The second kappa shape index (κ2) is 9.36. The molecule has 7 heteroatoms. The van der Waals surface area contributed by atoms with Crippen molar-refractivity contribution in [3.05, 3.63) is 35.1 Å². The van der Waals surface area contributed by atoms with Gasteiger partial charge in [-0.05, 0) is 50.6 Å². The average molecular weight is 349 g/mol.